The van der Waals surface area contributed by atoms with Crippen LogP contribution in [-0.2, 0) is 19.7 Å². The van der Waals surface area contributed by atoms with Gasteiger partial charge in [0.2, 0.25) is 0 Å². The maximum Gasteiger partial charge on any atom is 0.316 e. The van der Waals surface area contributed by atoms with Crippen LogP contribution in [0.3, 0.4) is 0 Å². The molecule has 2 aromatic rings. The summed E-state index contributed by atoms with van der Waals surface area (Å²) in [6.07, 6.45) is 3.28. The molecule has 0 spiro atoms. The number of amides is 1. The molecule has 6 nitrogen and oxygen atoms in total. The normalized spacial score (nSPS) is 14.8. The van der Waals surface area contributed by atoms with Gasteiger partial charge < -0.3 is 10.1 Å². The summed E-state index contributed by atoms with van der Waals surface area (Å²) in [5.41, 5.74) is 2.97. The zero-order valence-corrected chi connectivity index (χ0v) is 17.1. The Bertz CT molecular complexity index is 818. The van der Waals surface area contributed by atoms with Gasteiger partial charge in [-0.15, -0.1) is 0 Å². The predicted molar refractivity (Wildman–Crippen MR) is 108 cm³/mol. The number of hydrogen-bond acceptors (Lipinski definition) is 6. The fraction of sp³-hybridized carbons (Fsp3) is 0.429. The molecule has 7 heteroatoms. The lowest BCUT2D eigenvalue weighted by atomic mass is 9.64. The zero-order chi connectivity index (χ0) is 20.0. The van der Waals surface area contributed by atoms with E-state index < -0.39 is 5.97 Å². The minimum absolute atomic E-state index is 0.0111. The summed E-state index contributed by atoms with van der Waals surface area (Å²) in [7, 11) is 0. The maximum atomic E-state index is 12.1. The van der Waals surface area contributed by atoms with Gasteiger partial charge in [-0.3, -0.25) is 9.59 Å². The third kappa shape index (κ3) is 5.32. The number of carbonyl (C=O) groups excluding carboxylic acids is 2. The lowest BCUT2D eigenvalue weighted by molar-refractivity contribution is -0.146. The molecule has 1 heterocycles. The number of rotatable bonds is 8. The Morgan fingerprint density at radius 3 is 2.43 bits per heavy atom. The number of hydrogen-bond donors (Lipinski definition) is 1. The summed E-state index contributed by atoms with van der Waals surface area (Å²) >= 11 is 1.21. The number of benzene rings is 1. The van der Waals surface area contributed by atoms with Crippen molar-refractivity contribution in [3.63, 3.8) is 0 Å². The molecule has 1 aromatic heterocycles. The third-order valence-corrected chi connectivity index (χ3v) is 5.79. The van der Waals surface area contributed by atoms with Gasteiger partial charge in [0.05, 0.1) is 5.75 Å². The first-order valence-corrected chi connectivity index (χ1v) is 10.4. The van der Waals surface area contributed by atoms with Crippen molar-refractivity contribution in [2.75, 3.05) is 18.9 Å². The number of esters is 1. The Balaban J connectivity index is 1.41. The molecule has 0 radical (unpaired) electrons. The van der Waals surface area contributed by atoms with Crippen molar-refractivity contribution in [2.45, 2.75) is 43.7 Å². The Kier molecular flexibility index (Phi) is 6.67. The van der Waals surface area contributed by atoms with Crippen LogP contribution in [-0.4, -0.2) is 40.7 Å². The van der Waals surface area contributed by atoms with Gasteiger partial charge in [-0.25, -0.2) is 9.97 Å². The molecule has 0 atom stereocenters. The summed E-state index contributed by atoms with van der Waals surface area (Å²) < 4.78 is 5.08. The number of aryl methyl sites for hydroxylation is 2. The Morgan fingerprint density at radius 2 is 1.82 bits per heavy atom. The van der Waals surface area contributed by atoms with Gasteiger partial charge in [0.15, 0.2) is 11.8 Å². The molecule has 1 amide bonds. The molecule has 0 unspecified atom stereocenters. The van der Waals surface area contributed by atoms with Crippen molar-refractivity contribution in [3.8, 4) is 0 Å². The van der Waals surface area contributed by atoms with Crippen LogP contribution in [0.4, 0.5) is 0 Å². The molecule has 0 bridgehead atoms. The van der Waals surface area contributed by atoms with Gasteiger partial charge in [0, 0.05) is 23.3 Å². The Morgan fingerprint density at radius 1 is 1.14 bits per heavy atom. The van der Waals surface area contributed by atoms with Crippen LogP contribution in [0.15, 0.2) is 41.6 Å². The summed E-state index contributed by atoms with van der Waals surface area (Å²) in [4.78, 5) is 32.5. The van der Waals surface area contributed by atoms with Crippen LogP contribution in [0.25, 0.3) is 0 Å². The van der Waals surface area contributed by atoms with Crippen molar-refractivity contribution in [1.29, 1.82) is 0 Å². The van der Waals surface area contributed by atoms with Crippen LogP contribution in [0, 0.1) is 13.8 Å². The quantitative estimate of drug-likeness (QED) is 0.418. The molecular weight excluding hydrogens is 374 g/mol. The first-order chi connectivity index (χ1) is 13.5. The summed E-state index contributed by atoms with van der Waals surface area (Å²) in [6.45, 7) is 4.06. The van der Waals surface area contributed by atoms with E-state index in [2.05, 4.69) is 27.4 Å². The van der Waals surface area contributed by atoms with Gasteiger partial charge >= 0.3 is 5.97 Å². The van der Waals surface area contributed by atoms with E-state index in [1.165, 1.54) is 17.3 Å². The van der Waals surface area contributed by atoms with Gasteiger partial charge in [-0.2, -0.15) is 0 Å². The van der Waals surface area contributed by atoms with Crippen LogP contribution < -0.4 is 5.32 Å². The second-order valence-electron chi connectivity index (χ2n) is 7.16. The van der Waals surface area contributed by atoms with Crippen LogP contribution in [0.2, 0.25) is 0 Å². The average molecular weight is 400 g/mol. The van der Waals surface area contributed by atoms with E-state index in [0.29, 0.717) is 11.7 Å². The number of nitrogens with zero attached hydrogens (tertiary/aromatic N) is 2. The van der Waals surface area contributed by atoms with E-state index in [1.54, 1.807) is 0 Å². The number of aromatic nitrogens is 2. The second-order valence-corrected chi connectivity index (χ2v) is 8.10. The highest BCUT2D eigenvalue weighted by Gasteiger charge is 2.38. The van der Waals surface area contributed by atoms with E-state index >= 15 is 0 Å². The fourth-order valence-electron chi connectivity index (χ4n) is 3.35. The summed E-state index contributed by atoms with van der Waals surface area (Å²) in [6, 6.07) is 12.1. The molecule has 0 aliphatic heterocycles. The highest BCUT2D eigenvalue weighted by Crippen LogP contribution is 2.43. The highest BCUT2D eigenvalue weighted by atomic mass is 32.2. The van der Waals surface area contributed by atoms with E-state index in [0.717, 1.165) is 30.7 Å². The average Bonchev–Trinajstić information content (AvgIpc) is 2.64. The van der Waals surface area contributed by atoms with E-state index in [1.807, 2.05) is 38.1 Å². The van der Waals surface area contributed by atoms with Crippen molar-refractivity contribution >= 4 is 23.6 Å². The number of carbonyl (C=O) groups is 2. The summed E-state index contributed by atoms with van der Waals surface area (Å²) in [5, 5.41) is 3.46. The van der Waals surface area contributed by atoms with Gasteiger partial charge in [-0.1, -0.05) is 48.5 Å². The van der Waals surface area contributed by atoms with Crippen molar-refractivity contribution in [1.82, 2.24) is 15.3 Å². The lowest BCUT2D eigenvalue weighted by Gasteiger charge is -2.42. The smallest absolute Gasteiger partial charge is 0.316 e. The molecule has 1 aliphatic carbocycles. The molecule has 148 valence electrons. The fourth-order valence-corrected chi connectivity index (χ4v) is 4.10. The maximum absolute atomic E-state index is 12.1. The molecule has 28 heavy (non-hydrogen) atoms. The third-order valence-electron chi connectivity index (χ3n) is 4.97. The monoisotopic (exact) mass is 399 g/mol. The molecule has 3 rings (SSSR count). The SMILES string of the molecule is Cc1cc(C)nc(SCC(=O)OCC(=O)NCC2(c3ccccc3)CCC2)n1. The van der Waals surface area contributed by atoms with Crippen molar-refractivity contribution < 1.29 is 14.3 Å². The van der Waals surface area contributed by atoms with E-state index in [4.69, 9.17) is 4.74 Å². The van der Waals surface area contributed by atoms with Crippen LogP contribution >= 0.6 is 11.8 Å². The Hall–Kier alpha value is -2.41. The van der Waals surface area contributed by atoms with Gasteiger partial charge in [0.25, 0.3) is 5.91 Å². The molecule has 1 fully saturated rings. The standard InChI is InChI=1S/C21H25N3O3S/c1-15-11-16(2)24-20(23-15)28-13-19(26)27-12-18(25)22-14-21(9-6-10-21)17-7-4-3-5-8-17/h3-5,7-8,11H,6,9-10,12-14H2,1-2H3,(H,22,25). The van der Waals surface area contributed by atoms with Crippen molar-refractivity contribution in [2.24, 2.45) is 0 Å². The number of thioether (sulfide) groups is 1. The molecular formula is C21H25N3O3S. The molecule has 1 saturated carbocycles. The summed E-state index contributed by atoms with van der Waals surface area (Å²) in [5.74, 6) is -0.656. The first kappa shape index (κ1) is 20.3. The Labute approximate surface area is 169 Å². The molecule has 0 saturated heterocycles. The zero-order valence-electron chi connectivity index (χ0n) is 16.2. The van der Waals surface area contributed by atoms with Crippen LogP contribution in [0.5, 0.6) is 0 Å². The van der Waals surface area contributed by atoms with Crippen LogP contribution in [0.1, 0.15) is 36.2 Å². The van der Waals surface area contributed by atoms with Gasteiger partial charge in [-0.05, 0) is 38.3 Å². The lowest BCUT2D eigenvalue weighted by Crippen LogP contribution is -2.46. The minimum atomic E-state index is -0.454. The molecule has 1 aromatic carbocycles. The highest BCUT2D eigenvalue weighted by molar-refractivity contribution is 7.99. The molecule has 1 N–H and O–H groups in total. The molecule has 1 aliphatic rings. The largest absolute Gasteiger partial charge is 0.455 e. The van der Waals surface area contributed by atoms with Gasteiger partial charge in [0.1, 0.15) is 0 Å². The predicted octanol–water partition coefficient (Wildman–Crippen LogP) is 2.97. The minimum Gasteiger partial charge on any atom is -0.455 e. The first-order valence-electron chi connectivity index (χ1n) is 9.40. The number of ether oxygens (including phenoxy) is 1. The van der Waals surface area contributed by atoms with E-state index in [-0.39, 0.29) is 23.7 Å². The second kappa shape index (κ2) is 9.19. The number of nitrogens with one attached hydrogen (secondary N) is 1. The van der Waals surface area contributed by atoms with Crippen molar-refractivity contribution in [3.05, 3.63) is 53.3 Å². The van der Waals surface area contributed by atoms with E-state index in [9.17, 15) is 9.59 Å². The topological polar surface area (TPSA) is 81.2 Å².